The Labute approximate surface area is 114 Å². The molecule has 1 unspecified atom stereocenters. The van der Waals surface area contributed by atoms with Gasteiger partial charge in [-0.15, -0.1) is 0 Å². The van der Waals surface area contributed by atoms with Gasteiger partial charge < -0.3 is 15.7 Å². The van der Waals surface area contributed by atoms with Crippen molar-refractivity contribution in [1.29, 1.82) is 0 Å². The van der Waals surface area contributed by atoms with E-state index in [1.165, 1.54) is 0 Å². The minimum absolute atomic E-state index is 0.0862. The molecule has 1 aliphatic rings. The number of morpholine rings is 1. The van der Waals surface area contributed by atoms with Crippen LogP contribution < -0.4 is 5.73 Å². The summed E-state index contributed by atoms with van der Waals surface area (Å²) in [6.07, 6.45) is 1.13. The SMILES string of the molecule is NC(=NO)C1CN(S(=O)(=O)c2cncc(F)c2)CCO1. The Morgan fingerprint density at radius 2 is 2.35 bits per heavy atom. The average Bonchev–Trinajstić information content (AvgIpc) is 2.46. The highest BCUT2D eigenvalue weighted by atomic mass is 32.2. The number of sulfonamides is 1. The number of pyridine rings is 1. The number of rotatable bonds is 3. The largest absolute Gasteiger partial charge is 0.409 e. The molecule has 0 saturated carbocycles. The summed E-state index contributed by atoms with van der Waals surface area (Å²) in [6, 6.07) is 0.885. The Balaban J connectivity index is 2.26. The highest BCUT2D eigenvalue weighted by Crippen LogP contribution is 2.18. The molecule has 8 nitrogen and oxygen atoms in total. The van der Waals surface area contributed by atoms with Gasteiger partial charge in [0.1, 0.15) is 16.8 Å². The van der Waals surface area contributed by atoms with E-state index in [-0.39, 0.29) is 30.4 Å². The summed E-state index contributed by atoms with van der Waals surface area (Å²) in [5.74, 6) is -0.963. The van der Waals surface area contributed by atoms with Crippen LogP contribution in [0.5, 0.6) is 0 Å². The molecule has 20 heavy (non-hydrogen) atoms. The number of amidine groups is 1. The second kappa shape index (κ2) is 5.69. The first-order valence-corrected chi connectivity index (χ1v) is 7.09. The third kappa shape index (κ3) is 2.86. The third-order valence-electron chi connectivity index (χ3n) is 2.79. The predicted octanol–water partition coefficient (Wildman–Crippen LogP) is -0.643. The van der Waals surface area contributed by atoms with E-state index in [0.717, 1.165) is 22.8 Å². The second-order valence-electron chi connectivity index (χ2n) is 4.09. The molecule has 0 spiro atoms. The lowest BCUT2D eigenvalue weighted by molar-refractivity contribution is 0.0355. The molecule has 1 saturated heterocycles. The Kier molecular flexibility index (Phi) is 4.16. The maximum atomic E-state index is 13.1. The number of nitrogens with zero attached hydrogens (tertiary/aromatic N) is 3. The van der Waals surface area contributed by atoms with Gasteiger partial charge >= 0.3 is 0 Å². The molecule has 0 aromatic carbocycles. The fourth-order valence-electron chi connectivity index (χ4n) is 1.77. The highest BCUT2D eigenvalue weighted by molar-refractivity contribution is 7.89. The van der Waals surface area contributed by atoms with Gasteiger partial charge in [0.05, 0.1) is 12.8 Å². The number of aromatic nitrogens is 1. The molecule has 1 aromatic heterocycles. The first-order valence-electron chi connectivity index (χ1n) is 5.65. The van der Waals surface area contributed by atoms with Crippen molar-refractivity contribution in [3.8, 4) is 0 Å². The fourth-order valence-corrected chi connectivity index (χ4v) is 3.17. The van der Waals surface area contributed by atoms with Gasteiger partial charge in [-0.05, 0) is 6.07 Å². The van der Waals surface area contributed by atoms with E-state index < -0.39 is 21.9 Å². The van der Waals surface area contributed by atoms with E-state index in [0.29, 0.717) is 0 Å². The maximum absolute atomic E-state index is 13.1. The Morgan fingerprint density at radius 1 is 1.60 bits per heavy atom. The third-order valence-corrected chi connectivity index (χ3v) is 4.62. The van der Waals surface area contributed by atoms with E-state index in [4.69, 9.17) is 15.7 Å². The number of oxime groups is 1. The minimum Gasteiger partial charge on any atom is -0.409 e. The minimum atomic E-state index is -3.90. The standard InChI is InChI=1S/C10H13FN4O4S/c11-7-3-8(5-13-4-7)20(17,18)15-1-2-19-9(6-15)10(12)14-16/h3-5,9,16H,1-2,6H2,(H2,12,14). The Hall–Kier alpha value is -1.78. The molecule has 2 heterocycles. The smallest absolute Gasteiger partial charge is 0.244 e. The average molecular weight is 304 g/mol. The Morgan fingerprint density at radius 3 is 3.00 bits per heavy atom. The van der Waals surface area contributed by atoms with Crippen LogP contribution in [0.4, 0.5) is 4.39 Å². The summed E-state index contributed by atoms with van der Waals surface area (Å²) in [4.78, 5) is 3.26. The van der Waals surface area contributed by atoms with Crippen LogP contribution in [0.15, 0.2) is 28.5 Å². The van der Waals surface area contributed by atoms with E-state index in [9.17, 15) is 12.8 Å². The van der Waals surface area contributed by atoms with Crippen LogP contribution in [0, 0.1) is 5.82 Å². The number of nitrogens with two attached hydrogens (primary N) is 1. The van der Waals surface area contributed by atoms with Gasteiger partial charge in [0.2, 0.25) is 10.0 Å². The number of ether oxygens (including phenoxy) is 1. The van der Waals surface area contributed by atoms with Gasteiger partial charge in [-0.25, -0.2) is 12.8 Å². The van der Waals surface area contributed by atoms with Crippen molar-refractivity contribution in [3.05, 3.63) is 24.3 Å². The lowest BCUT2D eigenvalue weighted by Gasteiger charge is -2.31. The van der Waals surface area contributed by atoms with Crippen molar-refractivity contribution in [1.82, 2.24) is 9.29 Å². The molecule has 0 radical (unpaired) electrons. The van der Waals surface area contributed by atoms with E-state index in [1.54, 1.807) is 0 Å². The van der Waals surface area contributed by atoms with Crippen LogP contribution in [-0.2, 0) is 14.8 Å². The van der Waals surface area contributed by atoms with Crippen LogP contribution in [0.25, 0.3) is 0 Å². The van der Waals surface area contributed by atoms with Crippen LogP contribution in [-0.4, -0.2) is 54.6 Å². The van der Waals surface area contributed by atoms with Crippen LogP contribution in [0.2, 0.25) is 0 Å². The van der Waals surface area contributed by atoms with Crippen molar-refractivity contribution >= 4 is 15.9 Å². The normalized spacial score (nSPS) is 21.9. The molecule has 1 fully saturated rings. The van der Waals surface area contributed by atoms with E-state index in [2.05, 4.69) is 10.1 Å². The summed E-state index contributed by atoms with van der Waals surface area (Å²) in [6.45, 7) is 0.0612. The molecule has 110 valence electrons. The molecule has 1 aliphatic heterocycles. The van der Waals surface area contributed by atoms with Crippen molar-refractivity contribution in [2.75, 3.05) is 19.7 Å². The summed E-state index contributed by atoms with van der Waals surface area (Å²) in [5, 5.41) is 11.4. The fraction of sp³-hybridized carbons (Fsp3) is 0.400. The number of hydrogen-bond donors (Lipinski definition) is 2. The van der Waals surface area contributed by atoms with Crippen molar-refractivity contribution in [3.63, 3.8) is 0 Å². The van der Waals surface area contributed by atoms with Gasteiger partial charge in [-0.2, -0.15) is 4.31 Å². The molecule has 2 rings (SSSR count). The zero-order valence-electron chi connectivity index (χ0n) is 10.3. The lowest BCUT2D eigenvalue weighted by atomic mass is 10.3. The van der Waals surface area contributed by atoms with Gasteiger partial charge in [0.15, 0.2) is 5.84 Å². The molecule has 1 aromatic rings. The molecule has 10 heteroatoms. The Bertz CT molecular complexity index is 621. The molecule has 0 bridgehead atoms. The van der Waals surface area contributed by atoms with E-state index >= 15 is 0 Å². The topological polar surface area (TPSA) is 118 Å². The summed E-state index contributed by atoms with van der Waals surface area (Å²) < 4.78 is 44.0. The first kappa shape index (κ1) is 14.6. The van der Waals surface area contributed by atoms with Gasteiger partial charge in [0, 0.05) is 19.3 Å². The van der Waals surface area contributed by atoms with E-state index in [1.807, 2.05) is 0 Å². The molecule has 1 atom stereocenters. The number of halogens is 1. The second-order valence-corrected chi connectivity index (χ2v) is 6.02. The summed E-state index contributed by atoms with van der Waals surface area (Å²) in [5.41, 5.74) is 5.40. The van der Waals surface area contributed by atoms with Crippen LogP contribution >= 0.6 is 0 Å². The van der Waals surface area contributed by atoms with Gasteiger partial charge in [-0.3, -0.25) is 4.98 Å². The van der Waals surface area contributed by atoms with Crippen LogP contribution in [0.1, 0.15) is 0 Å². The molecular weight excluding hydrogens is 291 g/mol. The van der Waals surface area contributed by atoms with Crippen molar-refractivity contribution in [2.24, 2.45) is 10.9 Å². The number of hydrogen-bond acceptors (Lipinski definition) is 6. The molecule has 3 N–H and O–H groups in total. The molecular formula is C10H13FN4O4S. The summed E-state index contributed by atoms with van der Waals surface area (Å²) >= 11 is 0. The van der Waals surface area contributed by atoms with Crippen molar-refractivity contribution < 1.29 is 22.8 Å². The molecule has 0 amide bonds. The highest BCUT2D eigenvalue weighted by Gasteiger charge is 2.33. The zero-order valence-corrected chi connectivity index (χ0v) is 11.1. The van der Waals surface area contributed by atoms with Gasteiger partial charge in [-0.1, -0.05) is 5.16 Å². The predicted molar refractivity (Wildman–Crippen MR) is 66.1 cm³/mol. The quantitative estimate of drug-likeness (QED) is 0.332. The summed E-state index contributed by atoms with van der Waals surface area (Å²) in [7, 11) is -3.90. The zero-order chi connectivity index (χ0) is 14.8. The maximum Gasteiger partial charge on any atom is 0.244 e. The van der Waals surface area contributed by atoms with Gasteiger partial charge in [0.25, 0.3) is 0 Å². The molecule has 0 aliphatic carbocycles. The monoisotopic (exact) mass is 304 g/mol. The first-order chi connectivity index (χ1) is 9.45. The van der Waals surface area contributed by atoms with Crippen molar-refractivity contribution in [2.45, 2.75) is 11.0 Å². The lowest BCUT2D eigenvalue weighted by Crippen LogP contribution is -2.50. The van der Waals surface area contributed by atoms with Crippen LogP contribution in [0.3, 0.4) is 0 Å².